The Morgan fingerprint density at radius 2 is 1.79 bits per heavy atom. The molecule has 1 aliphatic carbocycles. The van der Waals surface area contributed by atoms with Crippen molar-refractivity contribution in [3.8, 4) is 0 Å². The maximum atomic E-state index is 12.2. The number of halogens is 1. The van der Waals surface area contributed by atoms with Gasteiger partial charge in [-0.2, -0.15) is 0 Å². The van der Waals surface area contributed by atoms with Crippen molar-refractivity contribution in [2.45, 2.75) is 82.3 Å². The van der Waals surface area contributed by atoms with Gasteiger partial charge in [0.25, 0.3) is 0 Å². The number of rotatable bonds is 3. The van der Waals surface area contributed by atoms with Crippen molar-refractivity contribution >= 4 is 18.3 Å². The fourth-order valence-corrected chi connectivity index (χ4v) is 4.27. The Morgan fingerprint density at radius 3 is 2.37 bits per heavy atom. The molecule has 1 amide bonds. The van der Waals surface area contributed by atoms with Crippen LogP contribution in [0.5, 0.6) is 0 Å². The molecule has 1 saturated carbocycles. The number of nitrogens with one attached hydrogen (secondary N) is 2. The molecule has 0 radical (unpaired) electrons. The van der Waals surface area contributed by atoms with Gasteiger partial charge in [-0.3, -0.25) is 4.79 Å². The van der Waals surface area contributed by atoms with Crippen LogP contribution in [0.1, 0.15) is 64.7 Å². The van der Waals surface area contributed by atoms with Gasteiger partial charge in [-0.15, -0.1) is 12.4 Å². The summed E-state index contributed by atoms with van der Waals surface area (Å²) in [6.07, 6.45) is 10.7. The van der Waals surface area contributed by atoms with E-state index in [0.717, 1.165) is 19.3 Å². The van der Waals surface area contributed by atoms with Gasteiger partial charge >= 0.3 is 0 Å². The van der Waals surface area contributed by atoms with Crippen LogP contribution in [0.3, 0.4) is 0 Å². The zero-order chi connectivity index (χ0) is 12.6. The predicted molar refractivity (Wildman–Crippen MR) is 79.6 cm³/mol. The van der Waals surface area contributed by atoms with E-state index in [1.807, 2.05) is 0 Å². The molecule has 2 unspecified atom stereocenters. The highest BCUT2D eigenvalue weighted by Crippen LogP contribution is 2.33. The zero-order valence-corrected chi connectivity index (χ0v) is 12.7. The molecule has 2 N–H and O–H groups in total. The van der Waals surface area contributed by atoms with E-state index in [9.17, 15) is 4.79 Å². The van der Waals surface area contributed by atoms with Gasteiger partial charge in [-0.1, -0.05) is 12.8 Å². The summed E-state index contributed by atoms with van der Waals surface area (Å²) in [7, 11) is 0. The predicted octanol–water partition coefficient (Wildman–Crippen LogP) is 2.78. The number of hydrogen-bond acceptors (Lipinski definition) is 2. The van der Waals surface area contributed by atoms with Crippen LogP contribution < -0.4 is 10.6 Å². The summed E-state index contributed by atoms with van der Waals surface area (Å²) in [5.41, 5.74) is 0.100. The highest BCUT2D eigenvalue weighted by molar-refractivity contribution is 5.85. The van der Waals surface area contributed by atoms with Crippen LogP contribution in [0, 0.1) is 5.92 Å². The lowest BCUT2D eigenvalue weighted by atomic mass is 9.89. The molecule has 19 heavy (non-hydrogen) atoms. The maximum Gasteiger partial charge on any atom is 0.220 e. The topological polar surface area (TPSA) is 41.1 Å². The third-order valence-electron chi connectivity index (χ3n) is 5.19. The first-order valence-electron chi connectivity index (χ1n) is 7.70. The molecule has 2 atom stereocenters. The summed E-state index contributed by atoms with van der Waals surface area (Å²) in [6.45, 7) is 2.21. The van der Waals surface area contributed by atoms with Gasteiger partial charge in [-0.05, 0) is 51.4 Å². The molecular weight excluding hydrogens is 260 g/mol. The van der Waals surface area contributed by atoms with Gasteiger partial charge in [0, 0.05) is 24.0 Å². The van der Waals surface area contributed by atoms with E-state index >= 15 is 0 Å². The Hall–Kier alpha value is -0.280. The highest BCUT2D eigenvalue weighted by Gasteiger charge is 2.35. The first-order valence-corrected chi connectivity index (χ1v) is 7.70. The Balaban J connectivity index is 0.00000133. The Kier molecular flexibility index (Phi) is 4.78. The van der Waals surface area contributed by atoms with E-state index < -0.39 is 0 Å². The van der Waals surface area contributed by atoms with Crippen molar-refractivity contribution in [1.82, 2.24) is 10.6 Å². The minimum atomic E-state index is 0. The lowest BCUT2D eigenvalue weighted by molar-refractivity contribution is -0.124. The van der Waals surface area contributed by atoms with Crippen LogP contribution in [0.2, 0.25) is 0 Å². The van der Waals surface area contributed by atoms with E-state index in [2.05, 4.69) is 17.6 Å². The fourth-order valence-electron chi connectivity index (χ4n) is 4.27. The second-order valence-electron chi connectivity index (χ2n) is 7.00. The van der Waals surface area contributed by atoms with E-state index in [-0.39, 0.29) is 17.9 Å². The summed E-state index contributed by atoms with van der Waals surface area (Å²) < 4.78 is 0. The van der Waals surface area contributed by atoms with E-state index in [0.29, 0.717) is 23.9 Å². The summed E-state index contributed by atoms with van der Waals surface area (Å²) in [5, 5.41) is 6.94. The molecule has 2 aliphatic heterocycles. The molecule has 2 heterocycles. The third-order valence-corrected chi connectivity index (χ3v) is 5.19. The Bertz CT molecular complexity index is 316. The van der Waals surface area contributed by atoms with Crippen molar-refractivity contribution < 1.29 is 4.79 Å². The van der Waals surface area contributed by atoms with Crippen molar-refractivity contribution in [3.63, 3.8) is 0 Å². The number of piperidine rings is 1. The zero-order valence-electron chi connectivity index (χ0n) is 11.9. The normalized spacial score (nSPS) is 35.7. The van der Waals surface area contributed by atoms with Crippen LogP contribution in [0.15, 0.2) is 0 Å². The van der Waals surface area contributed by atoms with E-state index in [1.54, 1.807) is 0 Å². The number of fused-ring (bicyclic) bond motifs is 2. The first-order chi connectivity index (χ1) is 8.63. The average molecular weight is 287 g/mol. The molecule has 2 bridgehead atoms. The van der Waals surface area contributed by atoms with Gasteiger partial charge in [0.1, 0.15) is 0 Å². The van der Waals surface area contributed by atoms with Crippen LogP contribution in [-0.2, 0) is 4.79 Å². The van der Waals surface area contributed by atoms with Gasteiger partial charge in [0.15, 0.2) is 0 Å². The number of hydrogen-bond donors (Lipinski definition) is 2. The monoisotopic (exact) mass is 286 g/mol. The van der Waals surface area contributed by atoms with Gasteiger partial charge in [-0.25, -0.2) is 0 Å². The van der Waals surface area contributed by atoms with Crippen LogP contribution in [0.25, 0.3) is 0 Å². The quantitative estimate of drug-likeness (QED) is 0.838. The molecule has 0 aromatic heterocycles. The molecule has 3 fully saturated rings. The summed E-state index contributed by atoms with van der Waals surface area (Å²) >= 11 is 0. The maximum absolute atomic E-state index is 12.2. The molecule has 0 aromatic rings. The smallest absolute Gasteiger partial charge is 0.220 e. The number of amides is 1. The molecule has 110 valence electrons. The minimum absolute atomic E-state index is 0. The third kappa shape index (κ3) is 3.63. The van der Waals surface area contributed by atoms with Crippen LogP contribution in [0.4, 0.5) is 0 Å². The van der Waals surface area contributed by atoms with E-state index in [1.165, 1.54) is 38.5 Å². The molecule has 0 aromatic carbocycles. The fraction of sp³-hybridized carbons (Fsp3) is 0.933. The van der Waals surface area contributed by atoms with Gasteiger partial charge in [0.2, 0.25) is 5.91 Å². The number of carbonyl (C=O) groups is 1. The van der Waals surface area contributed by atoms with E-state index in [4.69, 9.17) is 0 Å². The lowest BCUT2D eigenvalue weighted by Gasteiger charge is -2.31. The summed E-state index contributed by atoms with van der Waals surface area (Å²) in [6, 6.07) is 1.40. The number of carbonyl (C=O) groups excluding carboxylic acids is 1. The van der Waals surface area contributed by atoms with Gasteiger partial charge in [0.05, 0.1) is 0 Å². The standard InChI is InChI=1S/C15H26N2O.ClH/c1-15(6-2-3-7-15)17-14(18)10-11-8-12-4-5-13(9-11)16-12;/h11-13,16H,2-10H2,1H3,(H,17,18);1H. The molecule has 3 nitrogen and oxygen atoms in total. The average Bonchev–Trinajstić information content (AvgIpc) is 2.85. The minimum Gasteiger partial charge on any atom is -0.351 e. The Morgan fingerprint density at radius 1 is 1.21 bits per heavy atom. The van der Waals surface area contributed by atoms with Crippen LogP contribution in [-0.4, -0.2) is 23.5 Å². The largest absolute Gasteiger partial charge is 0.351 e. The van der Waals surface area contributed by atoms with Crippen LogP contribution >= 0.6 is 12.4 Å². The summed E-state index contributed by atoms with van der Waals surface area (Å²) in [5.74, 6) is 0.916. The summed E-state index contributed by atoms with van der Waals surface area (Å²) in [4.78, 5) is 12.2. The molecule has 3 aliphatic rings. The first kappa shape index (κ1) is 15.1. The van der Waals surface area contributed by atoms with Crippen molar-refractivity contribution in [2.75, 3.05) is 0 Å². The molecule has 3 rings (SSSR count). The van der Waals surface area contributed by atoms with Crippen molar-refractivity contribution in [1.29, 1.82) is 0 Å². The second-order valence-corrected chi connectivity index (χ2v) is 7.00. The van der Waals surface area contributed by atoms with Gasteiger partial charge < -0.3 is 10.6 Å². The highest BCUT2D eigenvalue weighted by atomic mass is 35.5. The Labute approximate surface area is 122 Å². The molecule has 2 saturated heterocycles. The van der Waals surface area contributed by atoms with Crippen molar-refractivity contribution in [2.24, 2.45) is 5.92 Å². The molecular formula is C15H27ClN2O. The second kappa shape index (κ2) is 6.01. The van der Waals surface area contributed by atoms with Crippen molar-refractivity contribution in [3.05, 3.63) is 0 Å². The molecule has 4 heteroatoms. The lowest BCUT2D eigenvalue weighted by Crippen LogP contribution is -2.45. The SMILES string of the molecule is CC1(NC(=O)CC2CC3CCC(C2)N3)CCCC1.Cl. The molecule has 0 spiro atoms.